The highest BCUT2D eigenvalue weighted by molar-refractivity contribution is 4.95. The summed E-state index contributed by atoms with van der Waals surface area (Å²) in [5.74, 6) is -1.39. The fourth-order valence-corrected chi connectivity index (χ4v) is 0.691. The quantitative estimate of drug-likeness (QED) is 0.602. The molecule has 14 heavy (non-hydrogen) atoms. The zero-order valence-corrected chi connectivity index (χ0v) is 7.27. The molecule has 2 nitrogen and oxygen atoms in total. The molecule has 0 bridgehead atoms. The van der Waals surface area contributed by atoms with E-state index < -0.39 is 11.8 Å². The molecular weight excluding hydrogens is 186 g/mol. The maximum atomic E-state index is 11.9. The molecule has 0 aromatic carbocycles. The molecule has 4 heteroatoms. The Bertz CT molecular complexity index is 322. The Balaban J connectivity index is 0.000000146. The van der Waals surface area contributed by atoms with Crippen LogP contribution in [0.4, 0.5) is 8.78 Å². The number of aromatic nitrogens is 2. The van der Waals surface area contributed by atoms with Crippen LogP contribution in [0.1, 0.15) is 0 Å². The minimum atomic E-state index is -0.787. The van der Waals surface area contributed by atoms with Gasteiger partial charge in [0.25, 0.3) is 0 Å². The second kappa shape index (κ2) is 5.75. The van der Waals surface area contributed by atoms with E-state index in [2.05, 4.69) is 9.97 Å². The first-order valence-corrected chi connectivity index (χ1v) is 3.91. The van der Waals surface area contributed by atoms with Crippen molar-refractivity contribution in [3.63, 3.8) is 0 Å². The van der Waals surface area contributed by atoms with E-state index in [1.165, 1.54) is 0 Å². The van der Waals surface area contributed by atoms with E-state index in [1.807, 2.05) is 18.2 Å². The molecule has 2 aromatic heterocycles. The first kappa shape index (κ1) is 10.2. The average molecular weight is 194 g/mol. The third-order valence-electron chi connectivity index (χ3n) is 1.26. The fraction of sp³-hybridized carbons (Fsp3) is 0. The van der Waals surface area contributed by atoms with Gasteiger partial charge in [-0.15, -0.1) is 0 Å². The number of nitrogens with zero attached hydrogens (tertiary/aromatic N) is 2. The van der Waals surface area contributed by atoms with E-state index >= 15 is 0 Å². The van der Waals surface area contributed by atoms with Gasteiger partial charge in [-0.3, -0.25) is 4.98 Å². The summed E-state index contributed by atoms with van der Waals surface area (Å²) in [6.07, 6.45) is 4.57. The molecule has 0 radical (unpaired) electrons. The Labute approximate surface area is 80.3 Å². The van der Waals surface area contributed by atoms with Gasteiger partial charge in [-0.25, -0.2) is 9.37 Å². The number of rotatable bonds is 0. The molecule has 0 N–H and O–H groups in total. The van der Waals surface area contributed by atoms with Crippen LogP contribution in [0.3, 0.4) is 0 Å². The topological polar surface area (TPSA) is 25.8 Å². The molecule has 0 aliphatic rings. The lowest BCUT2D eigenvalue weighted by Gasteiger charge is -1.83. The highest BCUT2D eigenvalue weighted by atomic mass is 19.1. The normalized spacial score (nSPS) is 8.71. The SMILES string of the molecule is Fc1ccnc(F)c1.c1ccncc1. The number of halogens is 2. The van der Waals surface area contributed by atoms with E-state index in [9.17, 15) is 8.78 Å². The fourth-order valence-electron chi connectivity index (χ4n) is 0.691. The number of hydrogen-bond acceptors (Lipinski definition) is 2. The standard InChI is InChI=1S/C5H3F2N.C5H5N/c6-4-1-2-8-5(7)3-4;1-2-4-6-5-3-1/h1-3H;1-5H. The van der Waals surface area contributed by atoms with Gasteiger partial charge in [0, 0.05) is 24.7 Å². The van der Waals surface area contributed by atoms with Crippen LogP contribution in [0.2, 0.25) is 0 Å². The highest BCUT2D eigenvalue weighted by Gasteiger charge is 1.89. The van der Waals surface area contributed by atoms with Gasteiger partial charge in [0.05, 0.1) is 0 Å². The number of pyridine rings is 2. The van der Waals surface area contributed by atoms with Crippen molar-refractivity contribution in [2.45, 2.75) is 0 Å². The Morgan fingerprint density at radius 2 is 1.64 bits per heavy atom. The van der Waals surface area contributed by atoms with E-state index in [4.69, 9.17) is 0 Å². The molecule has 2 heterocycles. The average Bonchev–Trinajstić information content (AvgIpc) is 2.21. The monoisotopic (exact) mass is 194 g/mol. The molecule has 72 valence electrons. The molecule has 0 atom stereocenters. The van der Waals surface area contributed by atoms with Crippen molar-refractivity contribution in [2.24, 2.45) is 0 Å². The molecule has 0 spiro atoms. The van der Waals surface area contributed by atoms with Crippen LogP contribution >= 0.6 is 0 Å². The van der Waals surface area contributed by atoms with Crippen LogP contribution in [0.25, 0.3) is 0 Å². The van der Waals surface area contributed by atoms with E-state index in [1.54, 1.807) is 12.4 Å². The van der Waals surface area contributed by atoms with E-state index in [0.29, 0.717) is 0 Å². The van der Waals surface area contributed by atoms with Gasteiger partial charge in [0.2, 0.25) is 5.95 Å². The van der Waals surface area contributed by atoms with E-state index in [0.717, 1.165) is 18.3 Å². The molecule has 0 unspecified atom stereocenters. The second-order valence-corrected chi connectivity index (χ2v) is 2.32. The lowest BCUT2D eigenvalue weighted by molar-refractivity contribution is 0.552. The van der Waals surface area contributed by atoms with Crippen molar-refractivity contribution in [2.75, 3.05) is 0 Å². The Morgan fingerprint density at radius 3 is 1.93 bits per heavy atom. The number of hydrogen-bond donors (Lipinski definition) is 0. The van der Waals surface area contributed by atoms with Crippen molar-refractivity contribution >= 4 is 0 Å². The zero-order valence-electron chi connectivity index (χ0n) is 7.27. The molecule has 0 aliphatic heterocycles. The summed E-state index contributed by atoms with van der Waals surface area (Å²) in [4.78, 5) is 6.92. The Hall–Kier alpha value is -1.84. The smallest absolute Gasteiger partial charge is 0.215 e. The van der Waals surface area contributed by atoms with Gasteiger partial charge in [0.1, 0.15) is 5.82 Å². The summed E-state index contributed by atoms with van der Waals surface area (Å²) in [6.45, 7) is 0. The summed E-state index contributed by atoms with van der Waals surface area (Å²) >= 11 is 0. The van der Waals surface area contributed by atoms with Gasteiger partial charge >= 0.3 is 0 Å². The Kier molecular flexibility index (Phi) is 4.20. The van der Waals surface area contributed by atoms with Crippen LogP contribution in [0.15, 0.2) is 48.9 Å². The van der Waals surface area contributed by atoms with Crippen molar-refractivity contribution in [1.82, 2.24) is 9.97 Å². The minimum absolute atomic E-state index is 0.600. The summed E-state index contributed by atoms with van der Waals surface area (Å²) in [6, 6.07) is 7.52. The first-order chi connectivity index (χ1) is 6.79. The predicted molar refractivity (Wildman–Crippen MR) is 48.4 cm³/mol. The van der Waals surface area contributed by atoms with Gasteiger partial charge in [-0.1, -0.05) is 6.07 Å². The van der Waals surface area contributed by atoms with Crippen molar-refractivity contribution < 1.29 is 8.78 Å². The molecule has 0 saturated carbocycles. The van der Waals surface area contributed by atoms with E-state index in [-0.39, 0.29) is 0 Å². The predicted octanol–water partition coefficient (Wildman–Crippen LogP) is 2.44. The maximum Gasteiger partial charge on any atom is 0.215 e. The highest BCUT2D eigenvalue weighted by Crippen LogP contribution is 1.95. The van der Waals surface area contributed by atoms with Gasteiger partial charge < -0.3 is 0 Å². The lowest BCUT2D eigenvalue weighted by Crippen LogP contribution is -1.80. The molecule has 0 aliphatic carbocycles. The van der Waals surface area contributed by atoms with Crippen LogP contribution in [-0.4, -0.2) is 9.97 Å². The summed E-state index contributed by atoms with van der Waals surface area (Å²) in [5.41, 5.74) is 0. The molecule has 0 saturated heterocycles. The van der Waals surface area contributed by atoms with Crippen LogP contribution in [0, 0.1) is 11.8 Å². The first-order valence-electron chi connectivity index (χ1n) is 3.91. The lowest BCUT2D eigenvalue weighted by atomic mass is 10.5. The molecule has 0 fully saturated rings. The van der Waals surface area contributed by atoms with Crippen molar-refractivity contribution in [3.8, 4) is 0 Å². The van der Waals surface area contributed by atoms with Gasteiger partial charge in [-0.2, -0.15) is 4.39 Å². The molecule has 2 rings (SSSR count). The Morgan fingerprint density at radius 1 is 0.929 bits per heavy atom. The third-order valence-corrected chi connectivity index (χ3v) is 1.26. The molecule has 0 amide bonds. The van der Waals surface area contributed by atoms with Crippen LogP contribution < -0.4 is 0 Å². The van der Waals surface area contributed by atoms with Crippen molar-refractivity contribution in [1.29, 1.82) is 0 Å². The second-order valence-electron chi connectivity index (χ2n) is 2.32. The zero-order chi connectivity index (χ0) is 10.2. The van der Waals surface area contributed by atoms with Gasteiger partial charge in [-0.05, 0) is 18.2 Å². The molecular formula is C10H8F2N2. The van der Waals surface area contributed by atoms with Crippen molar-refractivity contribution in [3.05, 3.63) is 60.7 Å². The summed E-state index contributed by atoms with van der Waals surface area (Å²) < 4.78 is 23.7. The van der Waals surface area contributed by atoms with Crippen LogP contribution in [0.5, 0.6) is 0 Å². The summed E-state index contributed by atoms with van der Waals surface area (Å²) in [7, 11) is 0. The maximum absolute atomic E-state index is 11.9. The molecule has 2 aromatic rings. The third kappa shape index (κ3) is 4.25. The largest absolute Gasteiger partial charge is 0.265 e. The van der Waals surface area contributed by atoms with Gasteiger partial charge in [0.15, 0.2) is 0 Å². The van der Waals surface area contributed by atoms with Crippen LogP contribution in [-0.2, 0) is 0 Å². The minimum Gasteiger partial charge on any atom is -0.265 e. The summed E-state index contributed by atoms with van der Waals surface area (Å²) in [5, 5.41) is 0.